The number of nitrogens with zero attached hydrogens (tertiary/aromatic N) is 2. The molecule has 0 spiro atoms. The molecule has 1 saturated heterocycles. The molecule has 4 heteroatoms. The van der Waals surface area contributed by atoms with Gasteiger partial charge in [-0.1, -0.05) is 29.8 Å². The molecule has 1 fully saturated rings. The fourth-order valence-electron chi connectivity index (χ4n) is 2.69. The second-order valence-corrected chi connectivity index (χ2v) is 6.78. The van der Waals surface area contributed by atoms with Crippen molar-refractivity contribution < 1.29 is 4.74 Å². The van der Waals surface area contributed by atoms with Gasteiger partial charge in [0.2, 0.25) is 0 Å². The second-order valence-electron chi connectivity index (χ2n) is 5.93. The Bertz CT molecular complexity index is 428. The normalized spacial score (nSPS) is 17.6. The van der Waals surface area contributed by atoms with E-state index in [-0.39, 0.29) is 0 Å². The van der Waals surface area contributed by atoms with E-state index in [1.54, 1.807) is 7.11 Å². The molecule has 1 aliphatic rings. The summed E-state index contributed by atoms with van der Waals surface area (Å²) in [6.07, 6.45) is 0. The van der Waals surface area contributed by atoms with Crippen LogP contribution in [0.5, 0.6) is 5.75 Å². The predicted molar refractivity (Wildman–Crippen MR) is 87.2 cm³/mol. The highest BCUT2D eigenvalue weighted by atomic mass is 79.9. The Morgan fingerprint density at radius 1 is 1.15 bits per heavy atom. The summed E-state index contributed by atoms with van der Waals surface area (Å²) in [5, 5.41) is 0. The first-order valence-electron chi connectivity index (χ1n) is 7.35. The van der Waals surface area contributed by atoms with Gasteiger partial charge in [-0.05, 0) is 29.7 Å². The molecule has 0 aliphatic carbocycles. The van der Waals surface area contributed by atoms with Crippen molar-refractivity contribution >= 4 is 15.9 Å². The van der Waals surface area contributed by atoms with Crippen LogP contribution in [-0.2, 0) is 6.54 Å². The molecule has 1 aromatic rings. The standard InChI is InChI=1S/C16H25BrN2O/c1-13(2)11-18-6-8-19(9-7-18)12-14-10-15(20-3)4-5-16(14)17/h4-5,10,13H,6-9,11-12H2,1-3H3. The number of piperazine rings is 1. The highest BCUT2D eigenvalue weighted by Crippen LogP contribution is 2.24. The maximum atomic E-state index is 5.31. The van der Waals surface area contributed by atoms with Gasteiger partial charge >= 0.3 is 0 Å². The summed E-state index contributed by atoms with van der Waals surface area (Å²) in [4.78, 5) is 5.10. The van der Waals surface area contributed by atoms with Gasteiger partial charge < -0.3 is 9.64 Å². The number of hydrogen-bond donors (Lipinski definition) is 0. The van der Waals surface area contributed by atoms with Crippen LogP contribution in [0.1, 0.15) is 19.4 Å². The average Bonchev–Trinajstić information content (AvgIpc) is 2.43. The lowest BCUT2D eigenvalue weighted by Crippen LogP contribution is -2.46. The minimum absolute atomic E-state index is 0.758. The van der Waals surface area contributed by atoms with E-state index in [9.17, 15) is 0 Å². The summed E-state index contributed by atoms with van der Waals surface area (Å²) in [6.45, 7) is 11.5. The number of hydrogen-bond acceptors (Lipinski definition) is 3. The first kappa shape index (κ1) is 15.8. The van der Waals surface area contributed by atoms with Gasteiger partial charge in [0.1, 0.15) is 5.75 Å². The fourth-order valence-corrected chi connectivity index (χ4v) is 3.06. The van der Waals surface area contributed by atoms with Crippen molar-refractivity contribution in [3.8, 4) is 5.75 Å². The molecular formula is C16H25BrN2O. The maximum Gasteiger partial charge on any atom is 0.119 e. The molecule has 0 atom stereocenters. The van der Waals surface area contributed by atoms with Crippen LogP contribution in [-0.4, -0.2) is 49.6 Å². The zero-order valence-electron chi connectivity index (χ0n) is 12.7. The molecule has 20 heavy (non-hydrogen) atoms. The molecule has 3 nitrogen and oxygen atoms in total. The van der Waals surface area contributed by atoms with Crippen molar-refractivity contribution in [2.75, 3.05) is 39.8 Å². The van der Waals surface area contributed by atoms with Gasteiger partial charge in [-0.3, -0.25) is 4.90 Å². The Kier molecular flexibility index (Phi) is 5.87. The molecule has 0 bridgehead atoms. The van der Waals surface area contributed by atoms with Crippen LogP contribution in [0.15, 0.2) is 22.7 Å². The number of rotatable bonds is 5. The van der Waals surface area contributed by atoms with E-state index in [2.05, 4.69) is 51.7 Å². The van der Waals surface area contributed by atoms with Crippen molar-refractivity contribution in [1.29, 1.82) is 0 Å². The number of halogens is 1. The third kappa shape index (κ3) is 4.47. The van der Waals surface area contributed by atoms with Gasteiger partial charge in [0.05, 0.1) is 7.11 Å². The molecule has 1 aromatic carbocycles. The van der Waals surface area contributed by atoms with Gasteiger partial charge in [0.25, 0.3) is 0 Å². The molecular weight excluding hydrogens is 316 g/mol. The lowest BCUT2D eigenvalue weighted by atomic mass is 10.1. The first-order chi connectivity index (χ1) is 9.58. The fraction of sp³-hybridized carbons (Fsp3) is 0.625. The smallest absolute Gasteiger partial charge is 0.119 e. The SMILES string of the molecule is COc1ccc(Br)c(CN2CCN(CC(C)C)CC2)c1. The van der Waals surface area contributed by atoms with E-state index < -0.39 is 0 Å². The molecule has 2 rings (SSSR count). The lowest BCUT2D eigenvalue weighted by Gasteiger charge is -2.35. The number of ether oxygens (including phenoxy) is 1. The number of methoxy groups -OCH3 is 1. The van der Waals surface area contributed by atoms with Gasteiger partial charge in [-0.25, -0.2) is 0 Å². The van der Waals surface area contributed by atoms with Crippen molar-refractivity contribution in [2.24, 2.45) is 5.92 Å². The monoisotopic (exact) mass is 340 g/mol. The second kappa shape index (κ2) is 7.43. The summed E-state index contributed by atoms with van der Waals surface area (Å²) < 4.78 is 6.48. The van der Waals surface area contributed by atoms with Crippen LogP contribution >= 0.6 is 15.9 Å². The summed E-state index contributed by atoms with van der Waals surface area (Å²) in [6, 6.07) is 6.20. The highest BCUT2D eigenvalue weighted by Gasteiger charge is 2.18. The lowest BCUT2D eigenvalue weighted by molar-refractivity contribution is 0.117. The number of benzene rings is 1. The van der Waals surface area contributed by atoms with E-state index in [0.29, 0.717) is 0 Å². The van der Waals surface area contributed by atoms with Crippen LogP contribution in [0.2, 0.25) is 0 Å². The Morgan fingerprint density at radius 2 is 1.80 bits per heavy atom. The highest BCUT2D eigenvalue weighted by molar-refractivity contribution is 9.10. The first-order valence-corrected chi connectivity index (χ1v) is 8.15. The summed E-state index contributed by atoms with van der Waals surface area (Å²) in [7, 11) is 1.72. The van der Waals surface area contributed by atoms with Gasteiger partial charge in [-0.15, -0.1) is 0 Å². The summed E-state index contributed by atoms with van der Waals surface area (Å²) in [5.74, 6) is 1.69. The average molecular weight is 341 g/mol. The molecule has 0 N–H and O–H groups in total. The summed E-state index contributed by atoms with van der Waals surface area (Å²) in [5.41, 5.74) is 1.31. The molecule has 0 radical (unpaired) electrons. The maximum absolute atomic E-state index is 5.31. The Morgan fingerprint density at radius 3 is 2.40 bits per heavy atom. The van der Waals surface area contributed by atoms with Gasteiger partial charge in [0, 0.05) is 43.7 Å². The topological polar surface area (TPSA) is 15.7 Å². The summed E-state index contributed by atoms with van der Waals surface area (Å²) >= 11 is 3.64. The molecule has 0 saturated carbocycles. The third-order valence-corrected chi connectivity index (χ3v) is 4.51. The Balaban J connectivity index is 1.89. The zero-order chi connectivity index (χ0) is 14.5. The molecule has 112 valence electrons. The minimum atomic E-state index is 0.758. The quantitative estimate of drug-likeness (QED) is 0.818. The Labute approximate surface area is 131 Å². The van der Waals surface area contributed by atoms with E-state index in [4.69, 9.17) is 4.74 Å². The zero-order valence-corrected chi connectivity index (χ0v) is 14.3. The van der Waals surface area contributed by atoms with Gasteiger partial charge in [0.15, 0.2) is 0 Å². The van der Waals surface area contributed by atoms with Crippen molar-refractivity contribution in [3.05, 3.63) is 28.2 Å². The van der Waals surface area contributed by atoms with E-state index in [0.717, 1.165) is 31.3 Å². The molecule has 0 amide bonds. The minimum Gasteiger partial charge on any atom is -0.497 e. The molecule has 0 unspecified atom stereocenters. The van der Waals surface area contributed by atoms with Crippen molar-refractivity contribution in [2.45, 2.75) is 20.4 Å². The van der Waals surface area contributed by atoms with Crippen molar-refractivity contribution in [3.63, 3.8) is 0 Å². The molecule has 1 heterocycles. The van der Waals surface area contributed by atoms with E-state index >= 15 is 0 Å². The largest absolute Gasteiger partial charge is 0.497 e. The van der Waals surface area contributed by atoms with Crippen LogP contribution in [0.3, 0.4) is 0 Å². The molecule has 0 aromatic heterocycles. The van der Waals surface area contributed by atoms with Crippen LogP contribution in [0.4, 0.5) is 0 Å². The van der Waals surface area contributed by atoms with E-state index in [1.165, 1.54) is 29.7 Å². The van der Waals surface area contributed by atoms with Crippen LogP contribution < -0.4 is 4.74 Å². The molecule has 1 aliphatic heterocycles. The Hall–Kier alpha value is -0.580. The predicted octanol–water partition coefficient (Wildman–Crippen LogP) is 3.23. The van der Waals surface area contributed by atoms with Crippen molar-refractivity contribution in [1.82, 2.24) is 9.80 Å². The van der Waals surface area contributed by atoms with Crippen LogP contribution in [0.25, 0.3) is 0 Å². The third-order valence-electron chi connectivity index (χ3n) is 3.74. The van der Waals surface area contributed by atoms with Crippen LogP contribution in [0, 0.1) is 5.92 Å². The van der Waals surface area contributed by atoms with Gasteiger partial charge in [-0.2, -0.15) is 0 Å². The van der Waals surface area contributed by atoms with E-state index in [1.807, 2.05) is 6.07 Å².